The molecule has 29 heavy (non-hydrogen) atoms. The number of nitrogens with zero attached hydrogens (tertiary/aromatic N) is 3. The van der Waals surface area contributed by atoms with E-state index in [1.54, 1.807) is 22.8 Å². The number of thioether (sulfide) groups is 1. The lowest BCUT2D eigenvalue weighted by atomic mass is 10.2. The van der Waals surface area contributed by atoms with Gasteiger partial charge in [0.15, 0.2) is 5.16 Å². The van der Waals surface area contributed by atoms with Crippen LogP contribution in [0.3, 0.4) is 0 Å². The zero-order chi connectivity index (χ0) is 20.6. The van der Waals surface area contributed by atoms with Gasteiger partial charge in [0, 0.05) is 25.6 Å². The Balaban J connectivity index is 1.48. The van der Waals surface area contributed by atoms with Crippen LogP contribution < -0.4 is 10.6 Å². The number of anilines is 2. The quantitative estimate of drug-likeness (QED) is 0.532. The number of carbonyl (C=O) groups is 2. The molecule has 0 aliphatic heterocycles. The van der Waals surface area contributed by atoms with E-state index in [4.69, 9.17) is 11.6 Å². The highest BCUT2D eigenvalue weighted by Crippen LogP contribution is 2.21. The molecule has 150 valence electrons. The number of benzene rings is 2. The zero-order valence-electron chi connectivity index (χ0n) is 15.8. The van der Waals surface area contributed by atoms with Gasteiger partial charge in [0.1, 0.15) is 5.82 Å². The summed E-state index contributed by atoms with van der Waals surface area (Å²) in [5.41, 5.74) is 1.33. The second kappa shape index (κ2) is 10.1. The number of aromatic nitrogens is 3. The molecule has 1 aromatic heterocycles. The van der Waals surface area contributed by atoms with E-state index in [9.17, 15) is 9.59 Å². The molecule has 0 radical (unpaired) electrons. The molecule has 2 aromatic carbocycles. The molecule has 0 aliphatic rings. The molecule has 0 aliphatic carbocycles. The molecule has 0 atom stereocenters. The van der Waals surface area contributed by atoms with E-state index in [0.29, 0.717) is 28.1 Å². The van der Waals surface area contributed by atoms with Gasteiger partial charge in [-0.1, -0.05) is 53.7 Å². The van der Waals surface area contributed by atoms with Crippen LogP contribution in [0.5, 0.6) is 0 Å². The fourth-order valence-corrected chi connectivity index (χ4v) is 3.45. The van der Waals surface area contributed by atoms with Crippen LogP contribution in [0, 0.1) is 0 Å². The smallest absolute Gasteiger partial charge is 0.234 e. The van der Waals surface area contributed by atoms with Gasteiger partial charge in [0.05, 0.1) is 16.5 Å². The Morgan fingerprint density at radius 3 is 2.48 bits per heavy atom. The van der Waals surface area contributed by atoms with Crippen LogP contribution in [0.25, 0.3) is 0 Å². The maximum Gasteiger partial charge on any atom is 0.234 e. The second-order valence-corrected chi connectivity index (χ2v) is 7.54. The molecule has 3 rings (SSSR count). The van der Waals surface area contributed by atoms with Crippen LogP contribution in [0.1, 0.15) is 12.2 Å². The number of para-hydroxylation sites is 2. The molecule has 0 saturated heterocycles. The van der Waals surface area contributed by atoms with E-state index in [0.717, 1.165) is 5.69 Å². The van der Waals surface area contributed by atoms with Gasteiger partial charge in [0.2, 0.25) is 11.8 Å². The van der Waals surface area contributed by atoms with Gasteiger partial charge in [-0.25, -0.2) is 0 Å². The highest BCUT2D eigenvalue weighted by Gasteiger charge is 2.13. The molecule has 7 nitrogen and oxygen atoms in total. The monoisotopic (exact) mass is 429 g/mol. The number of amides is 2. The first-order valence-electron chi connectivity index (χ1n) is 8.93. The number of hydrogen-bond acceptors (Lipinski definition) is 5. The highest BCUT2D eigenvalue weighted by molar-refractivity contribution is 7.99. The summed E-state index contributed by atoms with van der Waals surface area (Å²) in [6, 6.07) is 16.3. The van der Waals surface area contributed by atoms with Gasteiger partial charge < -0.3 is 15.2 Å². The number of hydrogen-bond donors (Lipinski definition) is 2. The van der Waals surface area contributed by atoms with Crippen LogP contribution in [0.4, 0.5) is 11.4 Å². The molecule has 9 heteroatoms. The van der Waals surface area contributed by atoms with E-state index in [1.807, 2.05) is 43.4 Å². The van der Waals surface area contributed by atoms with Crippen molar-refractivity contribution in [3.63, 3.8) is 0 Å². The van der Waals surface area contributed by atoms with Crippen LogP contribution >= 0.6 is 23.4 Å². The first kappa shape index (κ1) is 20.9. The van der Waals surface area contributed by atoms with E-state index in [1.165, 1.54) is 11.8 Å². The highest BCUT2D eigenvalue weighted by atomic mass is 35.5. The minimum absolute atomic E-state index is 0.120. The maximum atomic E-state index is 12.2. The van der Waals surface area contributed by atoms with Crippen LogP contribution in [-0.2, 0) is 23.1 Å². The molecule has 0 spiro atoms. The first-order chi connectivity index (χ1) is 14.0. The lowest BCUT2D eigenvalue weighted by Gasteiger charge is -2.07. The molecule has 2 amide bonds. The largest absolute Gasteiger partial charge is 0.325 e. The van der Waals surface area contributed by atoms with Gasteiger partial charge in [-0.3, -0.25) is 9.59 Å². The number of aryl methyl sites for hydroxylation is 1. The normalized spacial score (nSPS) is 10.6. The SMILES string of the molecule is Cn1c(CCC(=O)Nc2ccccc2Cl)nnc1SCC(=O)Nc1ccccc1. The van der Waals surface area contributed by atoms with E-state index in [2.05, 4.69) is 20.8 Å². The molecule has 3 aromatic rings. The number of halogens is 1. The molecule has 2 N–H and O–H groups in total. The maximum absolute atomic E-state index is 12.2. The van der Waals surface area contributed by atoms with Crippen LogP contribution in [0.2, 0.25) is 5.02 Å². The van der Waals surface area contributed by atoms with E-state index >= 15 is 0 Å². The average molecular weight is 430 g/mol. The third kappa shape index (κ3) is 6.07. The second-order valence-electron chi connectivity index (χ2n) is 6.19. The summed E-state index contributed by atoms with van der Waals surface area (Å²) in [6.45, 7) is 0. The standard InChI is InChI=1S/C20H20ClN5O2S/c1-26-17(11-12-18(27)23-16-10-6-5-9-15(16)21)24-25-20(26)29-13-19(28)22-14-7-3-2-4-8-14/h2-10H,11-13H2,1H3,(H,22,28)(H,23,27). The van der Waals surface area contributed by atoms with Crippen molar-refractivity contribution in [2.45, 2.75) is 18.0 Å². The third-order valence-corrected chi connectivity index (χ3v) is 5.39. The van der Waals surface area contributed by atoms with Crippen molar-refractivity contribution in [2.75, 3.05) is 16.4 Å². The van der Waals surface area contributed by atoms with E-state index in [-0.39, 0.29) is 24.0 Å². The van der Waals surface area contributed by atoms with Crippen molar-refractivity contribution >= 4 is 46.6 Å². The van der Waals surface area contributed by atoms with Crippen molar-refractivity contribution < 1.29 is 9.59 Å². The van der Waals surface area contributed by atoms with Gasteiger partial charge >= 0.3 is 0 Å². The molecule has 0 fully saturated rings. The Morgan fingerprint density at radius 2 is 1.72 bits per heavy atom. The lowest BCUT2D eigenvalue weighted by molar-refractivity contribution is -0.116. The molecular formula is C20H20ClN5O2S. The predicted octanol–water partition coefficient (Wildman–Crippen LogP) is 3.77. The Labute approximate surface area is 177 Å². The summed E-state index contributed by atoms with van der Waals surface area (Å²) in [4.78, 5) is 24.2. The minimum Gasteiger partial charge on any atom is -0.325 e. The summed E-state index contributed by atoms with van der Waals surface area (Å²) in [5.74, 6) is 0.612. The summed E-state index contributed by atoms with van der Waals surface area (Å²) in [7, 11) is 1.82. The Morgan fingerprint density at radius 1 is 1.00 bits per heavy atom. The summed E-state index contributed by atoms with van der Waals surface area (Å²) in [5, 5.41) is 15.0. The van der Waals surface area contributed by atoms with Gasteiger partial charge in [-0.05, 0) is 24.3 Å². The summed E-state index contributed by atoms with van der Waals surface area (Å²) in [6.07, 6.45) is 0.674. The molecule has 0 unspecified atom stereocenters. The van der Waals surface area contributed by atoms with Crippen molar-refractivity contribution in [3.8, 4) is 0 Å². The van der Waals surface area contributed by atoms with Gasteiger partial charge in [0.25, 0.3) is 0 Å². The van der Waals surface area contributed by atoms with Gasteiger partial charge in [-0.15, -0.1) is 10.2 Å². The minimum atomic E-state index is -0.155. The average Bonchev–Trinajstić information content (AvgIpc) is 3.07. The van der Waals surface area contributed by atoms with Crippen LogP contribution in [-0.4, -0.2) is 32.3 Å². The Hall–Kier alpha value is -2.84. The van der Waals surface area contributed by atoms with E-state index < -0.39 is 0 Å². The first-order valence-corrected chi connectivity index (χ1v) is 10.3. The third-order valence-electron chi connectivity index (χ3n) is 4.04. The fourth-order valence-electron chi connectivity index (χ4n) is 2.54. The summed E-state index contributed by atoms with van der Waals surface area (Å²) < 4.78 is 1.79. The van der Waals surface area contributed by atoms with Crippen molar-refractivity contribution in [2.24, 2.45) is 7.05 Å². The van der Waals surface area contributed by atoms with Crippen molar-refractivity contribution in [3.05, 3.63) is 65.4 Å². The van der Waals surface area contributed by atoms with Gasteiger partial charge in [-0.2, -0.15) is 0 Å². The summed E-state index contributed by atoms with van der Waals surface area (Å²) >= 11 is 7.34. The fraction of sp³-hybridized carbons (Fsp3) is 0.200. The number of nitrogens with one attached hydrogen (secondary N) is 2. The number of rotatable bonds is 8. The topological polar surface area (TPSA) is 88.9 Å². The Bertz CT molecular complexity index is 994. The zero-order valence-corrected chi connectivity index (χ0v) is 17.3. The van der Waals surface area contributed by atoms with Crippen molar-refractivity contribution in [1.82, 2.24) is 14.8 Å². The molecule has 0 saturated carbocycles. The van der Waals surface area contributed by atoms with Crippen molar-refractivity contribution in [1.29, 1.82) is 0 Å². The van der Waals surface area contributed by atoms with Crippen LogP contribution in [0.15, 0.2) is 59.8 Å². The predicted molar refractivity (Wildman–Crippen MR) is 115 cm³/mol. The molecule has 1 heterocycles. The number of carbonyl (C=O) groups excluding carboxylic acids is 2. The Kier molecular flexibility index (Phi) is 7.26. The lowest BCUT2D eigenvalue weighted by Crippen LogP contribution is -2.15. The molecular weight excluding hydrogens is 410 g/mol. The molecule has 0 bridgehead atoms.